The largest absolute Gasteiger partial charge is 0.342 e. The molecule has 0 rings (SSSR count). The van der Waals surface area contributed by atoms with E-state index in [-0.39, 0.29) is 5.97 Å². The molecule has 0 aromatic carbocycles. The van der Waals surface area contributed by atoms with E-state index in [0.717, 1.165) is 25.7 Å². The lowest BCUT2D eigenvalue weighted by molar-refractivity contribution is -0.272. The Hall–Kier alpha value is -0.610. The predicted octanol–water partition coefficient (Wildman–Crippen LogP) is 6.85. The quantitative estimate of drug-likeness (QED) is 0.126. The maximum absolute atomic E-state index is 11.3. The molecule has 0 aromatic rings. The van der Waals surface area contributed by atoms with Crippen LogP contribution in [-0.2, 0) is 14.6 Å². The molecule has 0 bridgehead atoms. The average Bonchev–Trinajstić information content (AvgIpc) is 2.67. The summed E-state index contributed by atoms with van der Waals surface area (Å²) in [5.41, 5.74) is 5.38. The van der Waals surface area contributed by atoms with E-state index in [0.29, 0.717) is 19.6 Å². The topological polar surface area (TPSA) is 61.5 Å². The second-order valence-electron chi connectivity index (χ2n) is 7.83. The first-order chi connectivity index (χ1) is 13.3. The number of hydrogen-bond donors (Lipinski definition) is 1. The number of carbonyl (C=O) groups is 1. The SMILES string of the molecule is CCCCCCCCCCCCCCCCCCOOC(=O)CCCCN. The van der Waals surface area contributed by atoms with Gasteiger partial charge in [-0.2, -0.15) is 4.89 Å². The van der Waals surface area contributed by atoms with Crippen LogP contribution in [0.25, 0.3) is 0 Å². The Bertz CT molecular complexity index is 297. The minimum Gasteiger partial charge on any atom is -0.330 e. The van der Waals surface area contributed by atoms with Crippen molar-refractivity contribution in [1.29, 1.82) is 0 Å². The summed E-state index contributed by atoms with van der Waals surface area (Å²) >= 11 is 0. The standard InChI is InChI=1S/C23H47NO3/c1-2-3-4-5-6-7-8-9-10-11-12-13-14-15-16-19-22-26-27-23(25)20-17-18-21-24/h2-22,24H2,1H3. The van der Waals surface area contributed by atoms with E-state index in [1.165, 1.54) is 89.9 Å². The summed E-state index contributed by atoms with van der Waals surface area (Å²) in [4.78, 5) is 21.0. The lowest BCUT2D eigenvalue weighted by Crippen LogP contribution is -2.07. The average molecular weight is 386 g/mol. The van der Waals surface area contributed by atoms with Gasteiger partial charge in [-0.05, 0) is 25.8 Å². The normalized spacial score (nSPS) is 11.0. The van der Waals surface area contributed by atoms with E-state index in [9.17, 15) is 4.79 Å². The Morgan fingerprint density at radius 1 is 0.630 bits per heavy atom. The first-order valence-corrected chi connectivity index (χ1v) is 11.8. The van der Waals surface area contributed by atoms with Crippen molar-refractivity contribution in [1.82, 2.24) is 0 Å². The molecule has 4 nitrogen and oxygen atoms in total. The summed E-state index contributed by atoms with van der Waals surface area (Å²) in [6.07, 6.45) is 23.7. The molecule has 0 aromatic heterocycles. The van der Waals surface area contributed by atoms with Crippen molar-refractivity contribution < 1.29 is 14.6 Å². The molecule has 0 saturated carbocycles. The van der Waals surface area contributed by atoms with Crippen molar-refractivity contribution in [2.24, 2.45) is 5.73 Å². The smallest absolute Gasteiger partial charge is 0.330 e. The molecule has 0 radical (unpaired) electrons. The van der Waals surface area contributed by atoms with Crippen LogP contribution < -0.4 is 5.73 Å². The molecule has 0 fully saturated rings. The van der Waals surface area contributed by atoms with Crippen LogP contribution in [0.4, 0.5) is 0 Å². The fourth-order valence-electron chi connectivity index (χ4n) is 3.27. The molecule has 0 heterocycles. The number of carbonyl (C=O) groups excluding carboxylic acids is 1. The molecule has 2 N–H and O–H groups in total. The zero-order chi connectivity index (χ0) is 19.8. The van der Waals surface area contributed by atoms with Crippen LogP contribution >= 0.6 is 0 Å². The third kappa shape index (κ3) is 23.4. The molecule has 0 aliphatic heterocycles. The van der Waals surface area contributed by atoms with Gasteiger partial charge >= 0.3 is 5.97 Å². The molecule has 27 heavy (non-hydrogen) atoms. The van der Waals surface area contributed by atoms with Crippen molar-refractivity contribution in [2.75, 3.05) is 13.2 Å². The Morgan fingerprint density at radius 3 is 1.52 bits per heavy atom. The van der Waals surface area contributed by atoms with Crippen LogP contribution in [-0.4, -0.2) is 19.1 Å². The summed E-state index contributed by atoms with van der Waals surface area (Å²) in [7, 11) is 0. The molecule has 0 amide bonds. The molecule has 0 aliphatic carbocycles. The summed E-state index contributed by atoms with van der Waals surface area (Å²) < 4.78 is 0. The predicted molar refractivity (Wildman–Crippen MR) is 114 cm³/mol. The van der Waals surface area contributed by atoms with E-state index >= 15 is 0 Å². The van der Waals surface area contributed by atoms with Gasteiger partial charge < -0.3 is 5.73 Å². The van der Waals surface area contributed by atoms with Gasteiger partial charge in [0.15, 0.2) is 0 Å². The van der Waals surface area contributed by atoms with Gasteiger partial charge in [0, 0.05) is 6.42 Å². The Balaban J connectivity index is 3.06. The molecule has 162 valence electrons. The van der Waals surface area contributed by atoms with Crippen LogP contribution in [0.2, 0.25) is 0 Å². The first-order valence-electron chi connectivity index (χ1n) is 11.8. The fourth-order valence-corrected chi connectivity index (χ4v) is 3.27. The minimum absolute atomic E-state index is 0.278. The molecule has 0 spiro atoms. The number of unbranched alkanes of at least 4 members (excludes halogenated alkanes) is 16. The van der Waals surface area contributed by atoms with Crippen LogP contribution in [0.15, 0.2) is 0 Å². The maximum atomic E-state index is 11.3. The van der Waals surface area contributed by atoms with E-state index in [1.807, 2.05) is 0 Å². The van der Waals surface area contributed by atoms with Crippen molar-refractivity contribution >= 4 is 5.97 Å². The highest BCUT2D eigenvalue weighted by Crippen LogP contribution is 2.13. The summed E-state index contributed by atoms with van der Waals surface area (Å²) in [6, 6.07) is 0. The number of hydrogen-bond acceptors (Lipinski definition) is 4. The summed E-state index contributed by atoms with van der Waals surface area (Å²) in [6.45, 7) is 3.41. The maximum Gasteiger partial charge on any atom is 0.342 e. The van der Waals surface area contributed by atoms with Crippen molar-refractivity contribution in [3.05, 3.63) is 0 Å². The monoisotopic (exact) mass is 385 g/mol. The van der Waals surface area contributed by atoms with Gasteiger partial charge in [0.1, 0.15) is 0 Å². The lowest BCUT2D eigenvalue weighted by atomic mass is 10.0. The molecular weight excluding hydrogens is 338 g/mol. The summed E-state index contributed by atoms with van der Waals surface area (Å²) in [5.74, 6) is -0.278. The zero-order valence-electron chi connectivity index (χ0n) is 18.2. The Morgan fingerprint density at radius 2 is 1.07 bits per heavy atom. The fraction of sp³-hybridized carbons (Fsp3) is 0.957. The molecule has 0 atom stereocenters. The summed E-state index contributed by atoms with van der Waals surface area (Å²) in [5, 5.41) is 0. The third-order valence-electron chi connectivity index (χ3n) is 5.07. The van der Waals surface area contributed by atoms with Crippen LogP contribution in [0, 0.1) is 0 Å². The number of nitrogens with two attached hydrogens (primary N) is 1. The van der Waals surface area contributed by atoms with Gasteiger partial charge in [0.25, 0.3) is 0 Å². The molecule has 4 heteroatoms. The highest BCUT2D eigenvalue weighted by molar-refractivity contribution is 5.68. The Kier molecular flexibility index (Phi) is 22.9. The minimum atomic E-state index is -0.278. The first kappa shape index (κ1) is 26.4. The van der Waals surface area contributed by atoms with Crippen LogP contribution in [0.5, 0.6) is 0 Å². The molecule has 0 aliphatic rings. The van der Waals surface area contributed by atoms with Gasteiger partial charge in [-0.3, -0.25) is 4.89 Å². The number of rotatable bonds is 22. The van der Waals surface area contributed by atoms with Gasteiger partial charge in [-0.1, -0.05) is 103 Å². The van der Waals surface area contributed by atoms with E-state index in [1.54, 1.807) is 0 Å². The highest BCUT2D eigenvalue weighted by Gasteiger charge is 2.03. The van der Waals surface area contributed by atoms with Crippen LogP contribution in [0.1, 0.15) is 129 Å². The van der Waals surface area contributed by atoms with Gasteiger partial charge in [-0.15, -0.1) is 0 Å². The van der Waals surface area contributed by atoms with E-state index in [4.69, 9.17) is 15.5 Å². The highest BCUT2D eigenvalue weighted by atomic mass is 17.2. The third-order valence-corrected chi connectivity index (χ3v) is 5.07. The van der Waals surface area contributed by atoms with E-state index < -0.39 is 0 Å². The molecule has 0 unspecified atom stereocenters. The second-order valence-corrected chi connectivity index (χ2v) is 7.83. The molecule has 0 saturated heterocycles. The van der Waals surface area contributed by atoms with Gasteiger partial charge in [0.05, 0.1) is 6.61 Å². The van der Waals surface area contributed by atoms with Crippen molar-refractivity contribution in [2.45, 2.75) is 129 Å². The zero-order valence-corrected chi connectivity index (χ0v) is 18.2. The van der Waals surface area contributed by atoms with Gasteiger partial charge in [-0.25, -0.2) is 4.79 Å². The van der Waals surface area contributed by atoms with Crippen molar-refractivity contribution in [3.63, 3.8) is 0 Å². The van der Waals surface area contributed by atoms with E-state index in [2.05, 4.69) is 6.92 Å². The van der Waals surface area contributed by atoms with Gasteiger partial charge in [0.2, 0.25) is 0 Å². The second kappa shape index (κ2) is 23.4. The van der Waals surface area contributed by atoms with Crippen molar-refractivity contribution in [3.8, 4) is 0 Å². The lowest BCUT2D eigenvalue weighted by Gasteiger charge is -2.04. The van der Waals surface area contributed by atoms with Crippen LogP contribution in [0.3, 0.4) is 0 Å². The molecular formula is C23H47NO3. The Labute approximate surface area is 168 Å².